The second-order valence-corrected chi connectivity index (χ2v) is 4.20. The van der Waals surface area contributed by atoms with Crippen LogP contribution in [0.2, 0.25) is 0 Å². The molecule has 0 aromatic carbocycles. The highest BCUT2D eigenvalue weighted by molar-refractivity contribution is 5.86. The van der Waals surface area contributed by atoms with Gasteiger partial charge in [0.05, 0.1) is 13.0 Å². The van der Waals surface area contributed by atoms with Crippen LogP contribution in [0, 0.1) is 11.8 Å². The Balaban J connectivity index is 1.87. The van der Waals surface area contributed by atoms with Gasteiger partial charge in [-0.3, -0.25) is 4.79 Å². The average molecular weight is 212 g/mol. The zero-order valence-corrected chi connectivity index (χ0v) is 8.79. The molecule has 2 fully saturated rings. The first-order valence-electron chi connectivity index (χ1n) is 5.31. The van der Waals surface area contributed by atoms with Crippen LogP contribution in [0.15, 0.2) is 0 Å². The van der Waals surface area contributed by atoms with Crippen molar-refractivity contribution in [1.82, 2.24) is 10.6 Å². The molecule has 2 rings (SSSR count). The van der Waals surface area contributed by atoms with Crippen molar-refractivity contribution in [3.8, 4) is 0 Å². The maximum absolute atomic E-state index is 11.6. The summed E-state index contributed by atoms with van der Waals surface area (Å²) in [6.45, 7) is 1.43. The third-order valence-electron chi connectivity index (χ3n) is 3.00. The molecule has 0 bridgehead atoms. The molecular formula is C10H16N2O3. The molecule has 0 radical (unpaired) electrons. The van der Waals surface area contributed by atoms with Crippen LogP contribution in [0.5, 0.6) is 0 Å². The van der Waals surface area contributed by atoms with Crippen LogP contribution in [0.4, 0.5) is 0 Å². The first-order valence-corrected chi connectivity index (χ1v) is 5.31. The molecule has 1 unspecified atom stereocenters. The van der Waals surface area contributed by atoms with Gasteiger partial charge in [-0.2, -0.15) is 0 Å². The lowest BCUT2D eigenvalue weighted by molar-refractivity contribution is -0.146. The first kappa shape index (κ1) is 10.4. The third-order valence-corrected chi connectivity index (χ3v) is 3.00. The predicted octanol–water partition coefficient (Wildman–Crippen LogP) is -0.726. The number of hydrogen-bond donors (Lipinski definition) is 2. The van der Waals surface area contributed by atoms with Gasteiger partial charge in [0.2, 0.25) is 5.91 Å². The summed E-state index contributed by atoms with van der Waals surface area (Å²) in [6.07, 6.45) is 2.01. The summed E-state index contributed by atoms with van der Waals surface area (Å²) in [7, 11) is 1.36. The molecule has 84 valence electrons. The van der Waals surface area contributed by atoms with Crippen molar-refractivity contribution in [3.63, 3.8) is 0 Å². The van der Waals surface area contributed by atoms with Crippen LogP contribution in [0.1, 0.15) is 12.8 Å². The van der Waals surface area contributed by atoms with Crippen molar-refractivity contribution in [2.75, 3.05) is 20.2 Å². The number of rotatable bonds is 4. The number of methoxy groups -OCH3 is 1. The number of hydrogen-bond acceptors (Lipinski definition) is 4. The summed E-state index contributed by atoms with van der Waals surface area (Å²) in [5.74, 6) is -0.0421. The second-order valence-electron chi connectivity index (χ2n) is 4.20. The largest absolute Gasteiger partial charge is 0.467 e. The van der Waals surface area contributed by atoms with Gasteiger partial charge in [-0.15, -0.1) is 0 Å². The quantitative estimate of drug-likeness (QED) is 0.603. The van der Waals surface area contributed by atoms with E-state index in [1.165, 1.54) is 7.11 Å². The van der Waals surface area contributed by atoms with E-state index in [0.717, 1.165) is 12.8 Å². The minimum Gasteiger partial charge on any atom is -0.467 e. The Labute approximate surface area is 88.5 Å². The Morgan fingerprint density at radius 1 is 1.40 bits per heavy atom. The van der Waals surface area contributed by atoms with Gasteiger partial charge < -0.3 is 15.4 Å². The molecule has 0 aromatic heterocycles. The Bertz CT molecular complexity index is 272. The smallest absolute Gasteiger partial charge is 0.328 e. The minimum absolute atomic E-state index is 0.0240. The molecule has 1 aliphatic carbocycles. The van der Waals surface area contributed by atoms with E-state index in [4.69, 9.17) is 0 Å². The number of carbonyl (C=O) groups is 2. The highest BCUT2D eigenvalue weighted by Crippen LogP contribution is 2.33. The van der Waals surface area contributed by atoms with Crippen molar-refractivity contribution >= 4 is 11.9 Å². The van der Waals surface area contributed by atoms with E-state index < -0.39 is 6.04 Å². The van der Waals surface area contributed by atoms with Gasteiger partial charge in [-0.05, 0) is 18.8 Å². The highest BCUT2D eigenvalue weighted by Gasteiger charge is 2.39. The maximum atomic E-state index is 11.6. The lowest BCUT2D eigenvalue weighted by Gasteiger charge is -2.27. The Morgan fingerprint density at radius 3 is 2.47 bits per heavy atom. The first-order chi connectivity index (χ1) is 7.22. The van der Waals surface area contributed by atoms with E-state index in [1.807, 2.05) is 0 Å². The molecule has 1 aliphatic heterocycles. The topological polar surface area (TPSA) is 67.4 Å². The van der Waals surface area contributed by atoms with E-state index >= 15 is 0 Å². The van der Waals surface area contributed by atoms with Gasteiger partial charge in [-0.1, -0.05) is 0 Å². The summed E-state index contributed by atoms with van der Waals surface area (Å²) in [4.78, 5) is 23.0. The van der Waals surface area contributed by atoms with E-state index in [-0.39, 0.29) is 23.7 Å². The number of esters is 1. The van der Waals surface area contributed by atoms with E-state index in [1.54, 1.807) is 0 Å². The fourth-order valence-corrected chi connectivity index (χ4v) is 1.67. The molecule has 15 heavy (non-hydrogen) atoms. The Morgan fingerprint density at radius 2 is 2.07 bits per heavy atom. The SMILES string of the molecule is COC(=O)C(NC(=O)C1CNC1)C1CC1. The van der Waals surface area contributed by atoms with E-state index in [2.05, 4.69) is 15.4 Å². The van der Waals surface area contributed by atoms with Gasteiger partial charge in [0, 0.05) is 13.1 Å². The summed E-state index contributed by atoms with van der Waals surface area (Å²) in [5.41, 5.74) is 0. The number of carbonyl (C=O) groups excluding carboxylic acids is 2. The summed E-state index contributed by atoms with van der Waals surface area (Å²) in [6, 6.07) is -0.428. The summed E-state index contributed by atoms with van der Waals surface area (Å²) < 4.78 is 4.68. The van der Waals surface area contributed by atoms with Gasteiger partial charge in [0.1, 0.15) is 6.04 Å². The molecule has 1 amide bonds. The molecule has 0 aromatic rings. The van der Waals surface area contributed by atoms with E-state index in [9.17, 15) is 9.59 Å². The molecule has 1 saturated carbocycles. The van der Waals surface area contributed by atoms with Crippen LogP contribution in [0.25, 0.3) is 0 Å². The summed E-state index contributed by atoms with van der Waals surface area (Å²) in [5, 5.41) is 5.80. The van der Waals surface area contributed by atoms with Gasteiger partial charge in [0.15, 0.2) is 0 Å². The maximum Gasteiger partial charge on any atom is 0.328 e. The molecular weight excluding hydrogens is 196 g/mol. The van der Waals surface area contributed by atoms with Crippen LogP contribution in [0.3, 0.4) is 0 Å². The monoisotopic (exact) mass is 212 g/mol. The lowest BCUT2D eigenvalue weighted by atomic mass is 10.0. The van der Waals surface area contributed by atoms with Crippen LogP contribution in [-0.4, -0.2) is 38.1 Å². The number of nitrogens with one attached hydrogen (secondary N) is 2. The molecule has 1 saturated heterocycles. The Hall–Kier alpha value is -1.10. The fraction of sp³-hybridized carbons (Fsp3) is 0.800. The van der Waals surface area contributed by atoms with Crippen molar-refractivity contribution in [2.24, 2.45) is 11.8 Å². The molecule has 2 N–H and O–H groups in total. The van der Waals surface area contributed by atoms with E-state index in [0.29, 0.717) is 13.1 Å². The molecule has 1 atom stereocenters. The molecule has 0 spiro atoms. The van der Waals surface area contributed by atoms with Gasteiger partial charge in [0.25, 0.3) is 0 Å². The lowest BCUT2D eigenvalue weighted by Crippen LogP contribution is -2.54. The van der Waals surface area contributed by atoms with Gasteiger partial charge >= 0.3 is 5.97 Å². The summed E-state index contributed by atoms with van der Waals surface area (Å²) >= 11 is 0. The standard InChI is InChI=1S/C10H16N2O3/c1-15-10(14)8(6-2-3-6)12-9(13)7-4-11-5-7/h6-8,11H,2-5H2,1H3,(H,12,13). The van der Waals surface area contributed by atoms with Crippen LogP contribution >= 0.6 is 0 Å². The fourth-order valence-electron chi connectivity index (χ4n) is 1.67. The number of amides is 1. The average Bonchev–Trinajstić information content (AvgIpc) is 2.93. The molecule has 5 heteroatoms. The molecule has 1 heterocycles. The normalized spacial score (nSPS) is 22.7. The van der Waals surface area contributed by atoms with Crippen molar-refractivity contribution in [1.29, 1.82) is 0 Å². The second kappa shape index (κ2) is 4.18. The van der Waals surface area contributed by atoms with Crippen molar-refractivity contribution in [2.45, 2.75) is 18.9 Å². The highest BCUT2D eigenvalue weighted by atomic mass is 16.5. The van der Waals surface area contributed by atoms with Crippen molar-refractivity contribution in [3.05, 3.63) is 0 Å². The Kier molecular flexibility index (Phi) is 2.90. The van der Waals surface area contributed by atoms with Crippen LogP contribution < -0.4 is 10.6 Å². The predicted molar refractivity (Wildman–Crippen MR) is 53.0 cm³/mol. The van der Waals surface area contributed by atoms with Crippen LogP contribution in [-0.2, 0) is 14.3 Å². The van der Waals surface area contributed by atoms with Crippen molar-refractivity contribution < 1.29 is 14.3 Å². The zero-order valence-electron chi connectivity index (χ0n) is 8.79. The minimum atomic E-state index is -0.428. The molecule has 2 aliphatic rings. The third kappa shape index (κ3) is 2.28. The molecule has 5 nitrogen and oxygen atoms in total. The number of ether oxygens (including phenoxy) is 1. The van der Waals surface area contributed by atoms with Gasteiger partial charge in [-0.25, -0.2) is 4.79 Å². The zero-order chi connectivity index (χ0) is 10.8.